The Bertz CT molecular complexity index is 1730. The molecule has 0 bridgehead atoms. The second-order valence-electron chi connectivity index (χ2n) is 11.4. The molecule has 1 aliphatic heterocycles. The minimum absolute atomic E-state index is 0.0273. The third kappa shape index (κ3) is 13.0. The molecule has 1 fully saturated rings. The van der Waals surface area contributed by atoms with Crippen LogP contribution in [0.2, 0.25) is 0 Å². The van der Waals surface area contributed by atoms with Crippen LogP contribution in [-0.2, 0) is 50.7 Å². The molecule has 1 saturated heterocycles. The van der Waals surface area contributed by atoms with Crippen molar-refractivity contribution in [2.24, 2.45) is 5.41 Å². The number of amides is 2. The maximum absolute atomic E-state index is 12.4. The lowest BCUT2D eigenvalue weighted by atomic mass is 9.87. The maximum Gasteiger partial charge on any atom is 0.274 e. The van der Waals surface area contributed by atoms with Crippen molar-refractivity contribution in [3.63, 3.8) is 0 Å². The van der Waals surface area contributed by atoms with E-state index in [2.05, 4.69) is 43.5 Å². The summed E-state index contributed by atoms with van der Waals surface area (Å²) in [5, 5.41) is 36.3. The van der Waals surface area contributed by atoms with E-state index in [0.717, 1.165) is 29.0 Å². The van der Waals surface area contributed by atoms with Gasteiger partial charge in [-0.2, -0.15) is 11.8 Å². The number of aliphatic hydroxyl groups is 2. The normalized spacial score (nSPS) is 22.4. The van der Waals surface area contributed by atoms with Crippen molar-refractivity contribution in [3.05, 3.63) is 12.7 Å². The van der Waals surface area contributed by atoms with Crippen LogP contribution in [0, 0.1) is 5.41 Å². The standard InChI is InChI=1S/C23H38N7O18P3S/c1-23(2,18(35)21(36)26-4-3-13(31)25-5-6-52-8-14(32)33)9-45-51(42,43)48-50(40,41)44-7-12-17(47-49(37,38)39)16(34)22(46-12)30-11-29-15-19(24)27-10-28-20(15)30/h10-12,16-18,22,34-35H,3-9H2,1-2H3,(H,25,31)(H,26,36)(H,32,33)(H,40,41)(H,42,43)(H2,24,27,28)(H2,37,38,39)/p-5/t12-,16-,17-,18+,22-/m1/s1. The summed E-state index contributed by atoms with van der Waals surface area (Å²) in [6, 6.07) is 0. The number of aromatic nitrogens is 4. The molecule has 2 aromatic rings. The molecule has 1 aliphatic rings. The van der Waals surface area contributed by atoms with Gasteiger partial charge < -0.3 is 78.9 Å². The number of nitrogens with zero attached hydrogens (tertiary/aromatic N) is 4. The number of ether oxygens (including phenoxy) is 1. The van der Waals surface area contributed by atoms with Crippen molar-refractivity contribution in [1.82, 2.24) is 30.2 Å². The lowest BCUT2D eigenvalue weighted by molar-refractivity contribution is -0.347. The molecule has 2 aromatic heterocycles. The molecule has 294 valence electrons. The molecule has 29 heteroatoms. The monoisotopic (exact) mass is 820 g/mol. The van der Waals surface area contributed by atoms with Crippen molar-refractivity contribution >= 4 is 70.0 Å². The first kappa shape index (κ1) is 43.8. The van der Waals surface area contributed by atoms with E-state index >= 15 is 0 Å². The quantitative estimate of drug-likeness (QED) is 0.0579. The zero-order valence-electron chi connectivity index (χ0n) is 27.0. The Labute approximate surface area is 298 Å². The van der Waals surface area contributed by atoms with Gasteiger partial charge in [0.15, 0.2) is 17.7 Å². The summed E-state index contributed by atoms with van der Waals surface area (Å²) < 4.78 is 60.2. The number of aliphatic carboxylic acids is 1. The number of rotatable bonds is 21. The highest BCUT2D eigenvalue weighted by atomic mass is 32.2. The highest BCUT2D eigenvalue weighted by molar-refractivity contribution is 7.99. The van der Waals surface area contributed by atoms with Gasteiger partial charge in [0.25, 0.3) is 15.6 Å². The predicted molar refractivity (Wildman–Crippen MR) is 163 cm³/mol. The second kappa shape index (κ2) is 18.1. The van der Waals surface area contributed by atoms with Crippen LogP contribution in [0.1, 0.15) is 26.5 Å². The van der Waals surface area contributed by atoms with Crippen molar-refractivity contribution in [2.45, 2.75) is 50.9 Å². The number of phosphoric acid groups is 3. The van der Waals surface area contributed by atoms with Gasteiger partial charge in [-0.1, -0.05) is 13.8 Å². The van der Waals surface area contributed by atoms with E-state index in [1.807, 2.05) is 0 Å². The van der Waals surface area contributed by atoms with Gasteiger partial charge >= 0.3 is 0 Å². The number of carbonyl (C=O) groups excluding carboxylic acids is 3. The molecule has 52 heavy (non-hydrogen) atoms. The zero-order valence-corrected chi connectivity index (χ0v) is 30.5. The predicted octanol–water partition coefficient (Wildman–Crippen LogP) is -5.64. The van der Waals surface area contributed by atoms with Crippen LogP contribution in [-0.4, -0.2) is 110 Å². The summed E-state index contributed by atoms with van der Waals surface area (Å²) >= 11 is 1.02. The largest absolute Gasteiger partial charge is 0.790 e. The lowest BCUT2D eigenvalue weighted by Crippen LogP contribution is -2.46. The average Bonchev–Trinajstić information content (AvgIpc) is 3.58. The zero-order chi connectivity index (χ0) is 39.1. The van der Waals surface area contributed by atoms with Gasteiger partial charge in [-0.05, 0) is 0 Å². The Morgan fingerprint density at radius 1 is 1.10 bits per heavy atom. The first-order valence-corrected chi connectivity index (χ1v) is 20.1. The van der Waals surface area contributed by atoms with Crippen LogP contribution in [0.5, 0.6) is 0 Å². The number of thioether (sulfide) groups is 1. The first-order chi connectivity index (χ1) is 24.0. The molecular formula is C23H33N7O18P3S-5. The van der Waals surface area contributed by atoms with E-state index < -0.39 is 90.5 Å². The molecule has 6 N–H and O–H groups in total. The molecule has 3 rings (SSSR count). The third-order valence-corrected chi connectivity index (χ3v) is 10.8. The van der Waals surface area contributed by atoms with E-state index in [1.54, 1.807) is 0 Å². The molecule has 2 unspecified atom stereocenters. The van der Waals surface area contributed by atoms with Crippen molar-refractivity contribution in [2.75, 3.05) is 43.5 Å². The van der Waals surface area contributed by atoms with Gasteiger partial charge in [-0.25, -0.2) is 19.3 Å². The number of phosphoric ester groups is 3. The Morgan fingerprint density at radius 2 is 1.77 bits per heavy atom. The average molecular weight is 821 g/mol. The smallest absolute Gasteiger partial charge is 0.274 e. The third-order valence-electron chi connectivity index (χ3n) is 6.84. The fraction of sp³-hybridized carbons (Fsp3) is 0.652. The first-order valence-electron chi connectivity index (χ1n) is 14.6. The van der Waals surface area contributed by atoms with E-state index in [1.165, 1.54) is 13.8 Å². The lowest BCUT2D eigenvalue weighted by Gasteiger charge is -2.36. The number of imidazole rings is 1. The van der Waals surface area contributed by atoms with Crippen molar-refractivity contribution in [1.29, 1.82) is 0 Å². The van der Waals surface area contributed by atoms with Crippen LogP contribution in [0.3, 0.4) is 0 Å². The fourth-order valence-corrected chi connectivity index (χ4v) is 7.63. The minimum Gasteiger partial charge on any atom is -0.790 e. The highest BCUT2D eigenvalue weighted by Gasteiger charge is 2.47. The Hall–Kier alpha value is -2.64. The topological polar surface area (TPSA) is 398 Å². The number of hydrogen-bond donors (Lipinski definition) is 5. The molecule has 3 heterocycles. The number of nitrogens with one attached hydrogen (secondary N) is 2. The summed E-state index contributed by atoms with van der Waals surface area (Å²) in [6.07, 6.45) is -7.66. The molecule has 0 radical (unpaired) electrons. The van der Waals surface area contributed by atoms with Crippen LogP contribution in [0.15, 0.2) is 12.7 Å². The van der Waals surface area contributed by atoms with E-state index in [9.17, 15) is 63.0 Å². The number of fused-ring (bicyclic) bond motifs is 1. The number of carbonyl (C=O) groups is 3. The molecule has 0 spiro atoms. The molecule has 0 saturated carbocycles. The number of carboxylic acids is 1. The van der Waals surface area contributed by atoms with E-state index in [0.29, 0.717) is 5.75 Å². The molecule has 0 aliphatic carbocycles. The van der Waals surface area contributed by atoms with Gasteiger partial charge in [-0.3, -0.25) is 23.3 Å². The number of hydrogen-bond acceptors (Lipinski definition) is 23. The maximum atomic E-state index is 12.4. The second-order valence-corrected chi connectivity index (χ2v) is 16.6. The Kier molecular flexibility index (Phi) is 15.3. The Morgan fingerprint density at radius 3 is 2.42 bits per heavy atom. The van der Waals surface area contributed by atoms with Crippen LogP contribution >= 0.6 is 35.2 Å². The van der Waals surface area contributed by atoms with Crippen molar-refractivity contribution < 1.29 is 85.6 Å². The summed E-state index contributed by atoms with van der Waals surface area (Å²) in [4.78, 5) is 93.8. The number of nitrogen functional groups attached to an aromatic ring is 1. The number of nitrogens with two attached hydrogens (primary N) is 1. The minimum atomic E-state index is -5.91. The summed E-state index contributed by atoms with van der Waals surface area (Å²) in [5.41, 5.74) is 4.03. The van der Waals surface area contributed by atoms with Gasteiger partial charge in [0, 0.05) is 36.4 Å². The van der Waals surface area contributed by atoms with Crippen LogP contribution in [0.4, 0.5) is 5.82 Å². The molecule has 7 atom stereocenters. The van der Waals surface area contributed by atoms with E-state index in [-0.39, 0.29) is 42.2 Å². The molecule has 0 aromatic carbocycles. The SMILES string of the molecule is CC(C)(COP(=O)([O-])OP(=O)([O-])OC[C@H]1O[C@@H](n2cnc3c(N)ncnc32)[C@H](O)[C@@H]1OP(=O)([O-])[O-])[C@@H](O)C(=O)NCCC(=O)NCCSCC(=O)[O-]. The molecule has 25 nitrogen and oxygen atoms in total. The highest BCUT2D eigenvalue weighted by Crippen LogP contribution is 2.56. The molecule has 2 amide bonds. The van der Waals surface area contributed by atoms with E-state index in [4.69, 9.17) is 10.5 Å². The summed E-state index contributed by atoms with van der Waals surface area (Å²) in [7, 11) is -17.6. The van der Waals surface area contributed by atoms with Crippen LogP contribution in [0.25, 0.3) is 11.2 Å². The number of carboxylic acid groups (broad SMARTS) is 1. The summed E-state index contributed by atoms with van der Waals surface area (Å²) in [6.45, 7) is -0.0393. The van der Waals surface area contributed by atoms with Crippen molar-refractivity contribution in [3.8, 4) is 0 Å². The number of anilines is 1. The molecular weight excluding hydrogens is 787 g/mol. The Balaban J connectivity index is 1.53. The van der Waals surface area contributed by atoms with Gasteiger partial charge in [0.1, 0.15) is 36.3 Å². The van der Waals surface area contributed by atoms with Gasteiger partial charge in [0.2, 0.25) is 11.8 Å². The van der Waals surface area contributed by atoms with Gasteiger partial charge in [-0.15, -0.1) is 0 Å². The fourth-order valence-electron chi connectivity index (χ4n) is 4.34. The van der Waals surface area contributed by atoms with Gasteiger partial charge in [0.05, 0.1) is 33.3 Å². The number of aliphatic hydroxyl groups excluding tert-OH is 2. The van der Waals surface area contributed by atoms with Crippen LogP contribution < -0.4 is 41.0 Å². The summed E-state index contributed by atoms with van der Waals surface area (Å²) in [5.74, 6) is -2.83.